The van der Waals surface area contributed by atoms with Crippen molar-refractivity contribution in [3.63, 3.8) is 0 Å². The van der Waals surface area contributed by atoms with E-state index >= 15 is 0 Å². The summed E-state index contributed by atoms with van der Waals surface area (Å²) in [6.07, 6.45) is 3.75. The molecule has 78 valence electrons. The van der Waals surface area contributed by atoms with Gasteiger partial charge in [-0.3, -0.25) is 0 Å². The van der Waals surface area contributed by atoms with Crippen molar-refractivity contribution >= 4 is 11.6 Å². The van der Waals surface area contributed by atoms with Gasteiger partial charge in [-0.15, -0.1) is 0 Å². The summed E-state index contributed by atoms with van der Waals surface area (Å²) < 4.78 is 0. The molecule has 1 rings (SSSR count). The summed E-state index contributed by atoms with van der Waals surface area (Å²) in [6.45, 7) is 6.65. The van der Waals surface area contributed by atoms with Crippen molar-refractivity contribution in [2.75, 3.05) is 0 Å². The number of benzene rings is 1. The molecule has 1 heteroatoms. The van der Waals surface area contributed by atoms with E-state index in [-0.39, 0.29) is 0 Å². The highest BCUT2D eigenvalue weighted by molar-refractivity contribution is 6.30. The molecule has 0 saturated carbocycles. The van der Waals surface area contributed by atoms with Crippen LogP contribution in [0.4, 0.5) is 0 Å². The molecular weight excluding hydrogens is 192 g/mol. The van der Waals surface area contributed by atoms with E-state index in [4.69, 9.17) is 11.6 Å². The Morgan fingerprint density at radius 2 is 2.00 bits per heavy atom. The molecule has 0 aliphatic rings. The second-order valence-electron chi connectivity index (χ2n) is 3.89. The SMILES string of the molecule is CCCC(CC)c1ccc(Cl)cc1C. The molecular formula is C13H19Cl. The quantitative estimate of drug-likeness (QED) is 0.660. The van der Waals surface area contributed by atoms with Gasteiger partial charge in [-0.2, -0.15) is 0 Å². The van der Waals surface area contributed by atoms with E-state index in [1.54, 1.807) is 0 Å². The average molecular weight is 211 g/mol. The van der Waals surface area contributed by atoms with E-state index in [0.29, 0.717) is 5.92 Å². The van der Waals surface area contributed by atoms with E-state index in [1.165, 1.54) is 30.4 Å². The highest BCUT2D eigenvalue weighted by Crippen LogP contribution is 2.28. The van der Waals surface area contributed by atoms with Gasteiger partial charge in [0.2, 0.25) is 0 Å². The molecule has 0 aromatic heterocycles. The fourth-order valence-corrected chi connectivity index (χ4v) is 2.25. The fraction of sp³-hybridized carbons (Fsp3) is 0.538. The van der Waals surface area contributed by atoms with Crippen molar-refractivity contribution in [1.82, 2.24) is 0 Å². The van der Waals surface area contributed by atoms with Crippen LogP contribution in [0.2, 0.25) is 5.02 Å². The normalized spacial score (nSPS) is 12.9. The average Bonchev–Trinajstić information content (AvgIpc) is 2.15. The predicted molar refractivity (Wildman–Crippen MR) is 64.1 cm³/mol. The van der Waals surface area contributed by atoms with Crippen LogP contribution in [0, 0.1) is 6.92 Å². The molecule has 1 aromatic rings. The predicted octanol–water partition coefficient (Wildman–Crippen LogP) is 4.94. The molecule has 0 bridgehead atoms. The standard InChI is InChI=1S/C13H19Cl/c1-4-6-11(5-2)13-8-7-12(14)9-10(13)3/h7-9,11H,4-6H2,1-3H3. The molecule has 0 radical (unpaired) electrons. The maximum Gasteiger partial charge on any atom is 0.0408 e. The smallest absolute Gasteiger partial charge is 0.0408 e. The summed E-state index contributed by atoms with van der Waals surface area (Å²) >= 11 is 5.94. The number of halogens is 1. The first kappa shape index (κ1) is 11.6. The zero-order valence-corrected chi connectivity index (χ0v) is 10.1. The second kappa shape index (κ2) is 5.41. The molecule has 0 spiro atoms. The Labute approximate surface area is 92.3 Å². The van der Waals surface area contributed by atoms with Gasteiger partial charge < -0.3 is 0 Å². The third-order valence-corrected chi connectivity index (χ3v) is 3.04. The first-order valence-corrected chi connectivity index (χ1v) is 5.82. The molecule has 1 aromatic carbocycles. The van der Waals surface area contributed by atoms with Crippen LogP contribution in [0.25, 0.3) is 0 Å². The second-order valence-corrected chi connectivity index (χ2v) is 4.33. The van der Waals surface area contributed by atoms with E-state index in [9.17, 15) is 0 Å². The van der Waals surface area contributed by atoms with Crippen LogP contribution in [0.5, 0.6) is 0 Å². The Hall–Kier alpha value is -0.490. The van der Waals surface area contributed by atoms with Gasteiger partial charge in [0.05, 0.1) is 0 Å². The minimum Gasteiger partial charge on any atom is -0.0843 e. The molecule has 0 heterocycles. The third-order valence-electron chi connectivity index (χ3n) is 2.80. The lowest BCUT2D eigenvalue weighted by Crippen LogP contribution is -1.99. The fourth-order valence-electron chi connectivity index (χ4n) is 2.03. The van der Waals surface area contributed by atoms with Crippen molar-refractivity contribution in [1.29, 1.82) is 0 Å². The number of aryl methyl sites for hydroxylation is 1. The largest absolute Gasteiger partial charge is 0.0843 e. The first-order chi connectivity index (χ1) is 6.69. The van der Waals surface area contributed by atoms with Crippen molar-refractivity contribution < 1.29 is 0 Å². The van der Waals surface area contributed by atoms with E-state index in [2.05, 4.69) is 32.9 Å². The van der Waals surface area contributed by atoms with Gasteiger partial charge >= 0.3 is 0 Å². The Kier molecular flexibility index (Phi) is 4.47. The summed E-state index contributed by atoms with van der Waals surface area (Å²) in [7, 11) is 0. The summed E-state index contributed by atoms with van der Waals surface area (Å²) in [5.74, 6) is 0.706. The zero-order valence-electron chi connectivity index (χ0n) is 9.31. The van der Waals surface area contributed by atoms with Crippen LogP contribution in [0.3, 0.4) is 0 Å². The molecule has 0 aliphatic carbocycles. The Bertz CT molecular complexity index is 291. The topological polar surface area (TPSA) is 0 Å². The summed E-state index contributed by atoms with van der Waals surface area (Å²) in [5, 5.41) is 0.845. The lowest BCUT2D eigenvalue weighted by Gasteiger charge is -2.17. The summed E-state index contributed by atoms with van der Waals surface area (Å²) in [6, 6.07) is 6.25. The van der Waals surface area contributed by atoms with Gasteiger partial charge in [-0.05, 0) is 48.9 Å². The first-order valence-electron chi connectivity index (χ1n) is 5.45. The van der Waals surface area contributed by atoms with E-state index < -0.39 is 0 Å². The van der Waals surface area contributed by atoms with Crippen molar-refractivity contribution in [3.8, 4) is 0 Å². The molecule has 0 saturated heterocycles. The van der Waals surface area contributed by atoms with E-state index in [1.807, 2.05) is 6.07 Å². The Morgan fingerprint density at radius 3 is 2.50 bits per heavy atom. The van der Waals surface area contributed by atoms with Gasteiger partial charge in [-0.25, -0.2) is 0 Å². The molecule has 0 nitrogen and oxygen atoms in total. The van der Waals surface area contributed by atoms with Gasteiger partial charge in [0.1, 0.15) is 0 Å². The molecule has 0 fully saturated rings. The molecule has 0 aliphatic heterocycles. The van der Waals surface area contributed by atoms with Crippen molar-refractivity contribution in [2.24, 2.45) is 0 Å². The van der Waals surface area contributed by atoms with Gasteiger partial charge in [0, 0.05) is 5.02 Å². The van der Waals surface area contributed by atoms with Crippen LogP contribution < -0.4 is 0 Å². The van der Waals surface area contributed by atoms with Crippen LogP contribution in [0.1, 0.15) is 50.2 Å². The van der Waals surface area contributed by atoms with Crippen LogP contribution in [-0.2, 0) is 0 Å². The number of hydrogen-bond donors (Lipinski definition) is 0. The van der Waals surface area contributed by atoms with Crippen molar-refractivity contribution in [3.05, 3.63) is 34.3 Å². The van der Waals surface area contributed by atoms with Crippen LogP contribution >= 0.6 is 11.6 Å². The zero-order chi connectivity index (χ0) is 10.6. The van der Waals surface area contributed by atoms with Gasteiger partial charge in [-0.1, -0.05) is 37.9 Å². The molecule has 1 unspecified atom stereocenters. The lowest BCUT2D eigenvalue weighted by molar-refractivity contribution is 0.593. The monoisotopic (exact) mass is 210 g/mol. The minimum absolute atomic E-state index is 0.706. The minimum atomic E-state index is 0.706. The maximum absolute atomic E-state index is 5.94. The van der Waals surface area contributed by atoms with Crippen LogP contribution in [-0.4, -0.2) is 0 Å². The highest BCUT2D eigenvalue weighted by atomic mass is 35.5. The van der Waals surface area contributed by atoms with Gasteiger partial charge in [0.25, 0.3) is 0 Å². The molecule has 1 atom stereocenters. The maximum atomic E-state index is 5.94. The molecule has 14 heavy (non-hydrogen) atoms. The highest BCUT2D eigenvalue weighted by Gasteiger charge is 2.10. The summed E-state index contributed by atoms with van der Waals surface area (Å²) in [5.41, 5.74) is 2.80. The Morgan fingerprint density at radius 1 is 1.29 bits per heavy atom. The van der Waals surface area contributed by atoms with Gasteiger partial charge in [0.15, 0.2) is 0 Å². The number of rotatable bonds is 4. The third kappa shape index (κ3) is 2.75. The summed E-state index contributed by atoms with van der Waals surface area (Å²) in [4.78, 5) is 0. The number of hydrogen-bond acceptors (Lipinski definition) is 0. The Balaban J connectivity index is 2.92. The molecule has 0 N–H and O–H groups in total. The van der Waals surface area contributed by atoms with Crippen LogP contribution in [0.15, 0.2) is 18.2 Å². The van der Waals surface area contributed by atoms with E-state index in [0.717, 1.165) is 5.02 Å². The lowest BCUT2D eigenvalue weighted by atomic mass is 9.89. The molecule has 0 amide bonds. The van der Waals surface area contributed by atoms with Crippen molar-refractivity contribution in [2.45, 2.75) is 46.0 Å².